The first-order valence-corrected chi connectivity index (χ1v) is 20.7. The van der Waals surface area contributed by atoms with Crippen LogP contribution in [-0.2, 0) is 5.41 Å². The van der Waals surface area contributed by atoms with Crippen molar-refractivity contribution >= 4 is 0 Å². The lowest BCUT2D eigenvalue weighted by Gasteiger charge is -2.30. The highest BCUT2D eigenvalue weighted by molar-refractivity contribution is 5.96. The summed E-state index contributed by atoms with van der Waals surface area (Å²) in [4.78, 5) is 19.1. The fourth-order valence-electron chi connectivity index (χ4n) is 9.68. The molecule has 0 N–H and O–H groups in total. The van der Waals surface area contributed by atoms with Crippen molar-refractivity contribution in [1.29, 1.82) is 0 Å². The molecule has 4 nitrogen and oxygen atoms in total. The Hall–Kier alpha value is -8.08. The van der Waals surface area contributed by atoms with E-state index in [1.807, 2.05) is 54.9 Å². The number of benzene rings is 8. The summed E-state index contributed by atoms with van der Waals surface area (Å²) in [5.41, 5.74) is 20.0. The summed E-state index contributed by atoms with van der Waals surface area (Å²) in [7, 11) is 0. The van der Waals surface area contributed by atoms with Gasteiger partial charge in [0.1, 0.15) is 0 Å². The van der Waals surface area contributed by atoms with E-state index in [0.717, 1.165) is 38.9 Å². The summed E-state index contributed by atoms with van der Waals surface area (Å²) in [6, 6.07) is 73.9. The zero-order chi connectivity index (χ0) is 40.3. The number of aromatic nitrogens is 4. The molecule has 10 aromatic rings. The average Bonchev–Trinajstić information content (AvgIpc) is 3.82. The van der Waals surface area contributed by atoms with E-state index in [2.05, 4.69) is 169 Å². The fraction of sp³-hybridized carbons (Fsp3) is 0.0175. The van der Waals surface area contributed by atoms with Crippen molar-refractivity contribution in [2.75, 3.05) is 0 Å². The molecule has 0 unspecified atom stereocenters. The van der Waals surface area contributed by atoms with Gasteiger partial charge in [0, 0.05) is 29.1 Å². The monoisotopic (exact) mass is 776 g/mol. The van der Waals surface area contributed by atoms with Gasteiger partial charge in [-0.15, -0.1) is 0 Å². The van der Waals surface area contributed by atoms with Crippen LogP contribution in [0.2, 0.25) is 0 Å². The lowest BCUT2D eigenvalue weighted by atomic mass is 9.70. The highest BCUT2D eigenvalue weighted by atomic mass is 15.0. The van der Waals surface area contributed by atoms with Gasteiger partial charge in [0.05, 0.1) is 5.41 Å². The van der Waals surface area contributed by atoms with E-state index >= 15 is 0 Å². The molecule has 284 valence electrons. The first-order valence-electron chi connectivity index (χ1n) is 20.7. The number of nitrogens with zero attached hydrogens (tertiary/aromatic N) is 4. The molecule has 0 fully saturated rings. The minimum absolute atomic E-state index is 0.340. The van der Waals surface area contributed by atoms with E-state index in [4.69, 9.17) is 15.0 Å². The summed E-state index contributed by atoms with van der Waals surface area (Å²) >= 11 is 0. The molecule has 4 heteroatoms. The third-order valence-electron chi connectivity index (χ3n) is 12.5. The molecular formula is C57H36N4. The molecule has 0 radical (unpaired) electrons. The normalized spacial score (nSPS) is 12.7. The summed E-state index contributed by atoms with van der Waals surface area (Å²) in [5, 5.41) is 0. The van der Waals surface area contributed by atoms with Crippen molar-refractivity contribution in [3.8, 4) is 89.8 Å². The van der Waals surface area contributed by atoms with Gasteiger partial charge in [-0.1, -0.05) is 182 Å². The lowest BCUT2D eigenvalue weighted by molar-refractivity contribution is 0.794. The number of hydrogen-bond acceptors (Lipinski definition) is 4. The quantitative estimate of drug-likeness (QED) is 0.169. The van der Waals surface area contributed by atoms with Gasteiger partial charge in [-0.2, -0.15) is 0 Å². The van der Waals surface area contributed by atoms with E-state index < -0.39 is 0 Å². The van der Waals surface area contributed by atoms with E-state index in [0.29, 0.717) is 17.5 Å². The maximum atomic E-state index is 5.02. The molecule has 0 bridgehead atoms. The maximum absolute atomic E-state index is 5.02. The van der Waals surface area contributed by atoms with Crippen LogP contribution in [0.25, 0.3) is 89.8 Å². The first kappa shape index (κ1) is 34.9. The highest BCUT2D eigenvalue weighted by Gasteiger charge is 2.51. The van der Waals surface area contributed by atoms with Crippen LogP contribution in [0, 0.1) is 0 Å². The molecule has 0 saturated carbocycles. The molecule has 61 heavy (non-hydrogen) atoms. The van der Waals surface area contributed by atoms with Crippen molar-refractivity contribution in [3.63, 3.8) is 0 Å². The van der Waals surface area contributed by atoms with Crippen LogP contribution in [0.3, 0.4) is 0 Å². The van der Waals surface area contributed by atoms with Crippen LogP contribution in [0.5, 0.6) is 0 Å². The molecule has 2 heterocycles. The largest absolute Gasteiger partial charge is 0.265 e. The number of pyridine rings is 1. The van der Waals surface area contributed by atoms with Crippen molar-refractivity contribution in [2.24, 2.45) is 0 Å². The Morgan fingerprint density at radius 1 is 0.246 bits per heavy atom. The van der Waals surface area contributed by atoms with E-state index in [1.165, 1.54) is 55.6 Å². The molecule has 0 aliphatic heterocycles. The first-order chi connectivity index (χ1) is 30.2. The number of fused-ring (bicyclic) bond motifs is 10. The van der Waals surface area contributed by atoms with Gasteiger partial charge in [0.25, 0.3) is 0 Å². The predicted octanol–water partition coefficient (Wildman–Crippen LogP) is 13.6. The topological polar surface area (TPSA) is 51.6 Å². The fourth-order valence-corrected chi connectivity index (χ4v) is 9.68. The summed E-state index contributed by atoms with van der Waals surface area (Å²) in [5.74, 6) is 1.90. The van der Waals surface area contributed by atoms with Crippen LogP contribution < -0.4 is 0 Å². The van der Waals surface area contributed by atoms with Crippen LogP contribution in [0.15, 0.2) is 219 Å². The number of hydrogen-bond donors (Lipinski definition) is 0. The molecule has 12 rings (SSSR count). The van der Waals surface area contributed by atoms with Crippen molar-refractivity contribution in [2.45, 2.75) is 5.41 Å². The number of rotatable bonds is 6. The Kier molecular flexibility index (Phi) is 8.04. The van der Waals surface area contributed by atoms with Crippen LogP contribution >= 0.6 is 0 Å². The Morgan fingerprint density at radius 3 is 1.16 bits per heavy atom. The predicted molar refractivity (Wildman–Crippen MR) is 247 cm³/mol. The molecule has 0 amide bonds. The summed E-state index contributed by atoms with van der Waals surface area (Å²) in [6.45, 7) is 0. The Labute approximate surface area is 354 Å². The summed E-state index contributed by atoms with van der Waals surface area (Å²) < 4.78 is 0. The van der Waals surface area contributed by atoms with Gasteiger partial charge in [-0.25, -0.2) is 15.0 Å². The second-order valence-corrected chi connectivity index (χ2v) is 15.8. The Morgan fingerprint density at radius 2 is 0.607 bits per heavy atom. The average molecular weight is 777 g/mol. The molecule has 2 aliphatic rings. The van der Waals surface area contributed by atoms with Gasteiger partial charge >= 0.3 is 0 Å². The minimum atomic E-state index is -0.340. The lowest BCUT2D eigenvalue weighted by Crippen LogP contribution is -2.25. The second kappa shape index (κ2) is 14.0. The zero-order valence-electron chi connectivity index (χ0n) is 33.1. The van der Waals surface area contributed by atoms with Crippen LogP contribution in [0.4, 0.5) is 0 Å². The van der Waals surface area contributed by atoms with Crippen LogP contribution in [0.1, 0.15) is 22.3 Å². The molecular weight excluding hydrogens is 741 g/mol. The minimum Gasteiger partial charge on any atom is -0.265 e. The van der Waals surface area contributed by atoms with Gasteiger partial charge in [0.2, 0.25) is 0 Å². The van der Waals surface area contributed by atoms with Gasteiger partial charge in [-0.3, -0.25) is 4.98 Å². The highest BCUT2D eigenvalue weighted by Crippen LogP contribution is 2.63. The molecule has 1 spiro atoms. The Bertz CT molecular complexity index is 3240. The molecule has 0 saturated heterocycles. The van der Waals surface area contributed by atoms with Gasteiger partial charge < -0.3 is 0 Å². The van der Waals surface area contributed by atoms with Crippen molar-refractivity contribution in [3.05, 3.63) is 241 Å². The van der Waals surface area contributed by atoms with Crippen LogP contribution in [-0.4, -0.2) is 19.9 Å². The third kappa shape index (κ3) is 5.61. The van der Waals surface area contributed by atoms with E-state index in [9.17, 15) is 0 Å². The smallest absolute Gasteiger partial charge is 0.164 e. The molecule has 0 atom stereocenters. The molecule has 2 aliphatic carbocycles. The zero-order valence-corrected chi connectivity index (χ0v) is 33.1. The molecule has 2 aromatic heterocycles. The second-order valence-electron chi connectivity index (χ2n) is 15.8. The van der Waals surface area contributed by atoms with E-state index in [-0.39, 0.29) is 5.41 Å². The maximum Gasteiger partial charge on any atom is 0.164 e. The SMILES string of the molecule is c1ccc(-c2nc(-c3ccc(-c4ccncc4)cc3)nc(-c3ccc(-c4cccc(-c5ccc6c(c5)-c5ccccc5C65c6ccccc6-c6ccccc65)c4)cc3)n2)cc1. The summed E-state index contributed by atoms with van der Waals surface area (Å²) in [6.07, 6.45) is 3.62. The van der Waals surface area contributed by atoms with E-state index in [1.54, 1.807) is 0 Å². The standard InChI is InChI=1S/C57H36N4/c1-2-11-40(12-3-1)54-59-55(41-25-21-37(22-26-41)39-31-33-58-34-32-39)61-56(60-54)42-27-23-38(24-28-42)43-13-10-14-44(35-43)45-29-30-53-49(36-45)48-17-6-9-20-52(48)57(53)50-18-7-4-15-46(50)47-16-5-8-19-51(47)57/h1-36H. The Balaban J connectivity index is 0.895. The van der Waals surface area contributed by atoms with Gasteiger partial charge in [-0.05, 0) is 102 Å². The molecule has 8 aromatic carbocycles. The van der Waals surface area contributed by atoms with Crippen molar-refractivity contribution < 1.29 is 0 Å². The van der Waals surface area contributed by atoms with Gasteiger partial charge in [0.15, 0.2) is 17.5 Å². The van der Waals surface area contributed by atoms with Crippen molar-refractivity contribution in [1.82, 2.24) is 19.9 Å². The third-order valence-corrected chi connectivity index (χ3v) is 12.5.